The number of rotatable bonds is 1. The molecule has 0 aromatic heterocycles. The summed E-state index contributed by atoms with van der Waals surface area (Å²) in [7, 11) is 0. The lowest BCUT2D eigenvalue weighted by molar-refractivity contribution is 0.0283. The Morgan fingerprint density at radius 3 is 2.45 bits per heavy atom. The molecule has 4 unspecified atom stereocenters. The van der Waals surface area contributed by atoms with Crippen LogP contribution in [0.2, 0.25) is 0 Å². The molecule has 0 spiro atoms. The van der Waals surface area contributed by atoms with E-state index in [2.05, 4.69) is 13.8 Å². The van der Waals surface area contributed by atoms with Gasteiger partial charge in [-0.1, -0.05) is 20.3 Å². The van der Waals surface area contributed by atoms with Gasteiger partial charge in [0.25, 0.3) is 0 Å². The van der Waals surface area contributed by atoms with Crippen molar-refractivity contribution in [2.45, 2.75) is 46.0 Å². The lowest BCUT2D eigenvalue weighted by Gasteiger charge is -2.47. The second kappa shape index (κ2) is 2.80. The Bertz CT molecular complexity index is 128. The molecule has 2 aliphatic carbocycles. The number of hydrogen-bond donors (Lipinski definition) is 0. The van der Waals surface area contributed by atoms with Crippen LogP contribution >= 0.6 is 0 Å². The van der Waals surface area contributed by atoms with E-state index in [0.29, 0.717) is 0 Å². The maximum atomic E-state index is 2.47. The minimum absolute atomic E-state index is 1.05. The van der Waals surface area contributed by atoms with Crippen LogP contribution in [-0.2, 0) is 0 Å². The molecule has 0 N–H and O–H groups in total. The van der Waals surface area contributed by atoms with E-state index in [0.717, 1.165) is 23.7 Å². The summed E-state index contributed by atoms with van der Waals surface area (Å²) >= 11 is 0. The van der Waals surface area contributed by atoms with E-state index >= 15 is 0 Å². The monoisotopic (exact) mass is 152 g/mol. The zero-order chi connectivity index (χ0) is 7.84. The smallest absolute Gasteiger partial charge is 0.0360 e. The highest BCUT2D eigenvalue weighted by atomic mass is 14.5. The Balaban J connectivity index is 1.95. The van der Waals surface area contributed by atoms with E-state index in [1.54, 1.807) is 19.3 Å². The normalized spacial score (nSPS) is 49.6. The van der Waals surface area contributed by atoms with Gasteiger partial charge in [-0.2, -0.15) is 0 Å². The van der Waals surface area contributed by atoms with Crippen LogP contribution in [0.3, 0.4) is 0 Å². The van der Waals surface area contributed by atoms with Gasteiger partial charge in [0.2, 0.25) is 0 Å². The average Bonchev–Trinajstić information content (AvgIpc) is 1.93. The van der Waals surface area contributed by atoms with E-state index in [-0.39, 0.29) is 0 Å². The van der Waals surface area contributed by atoms with Crippen LogP contribution < -0.4 is 0 Å². The van der Waals surface area contributed by atoms with Crippen molar-refractivity contribution >= 4 is 0 Å². The zero-order valence-corrected chi connectivity index (χ0v) is 7.84. The molecule has 0 heterocycles. The quantitative estimate of drug-likeness (QED) is 0.539. The van der Waals surface area contributed by atoms with E-state index in [9.17, 15) is 0 Å². The van der Waals surface area contributed by atoms with Crippen molar-refractivity contribution in [3.05, 3.63) is 0 Å². The highest BCUT2D eigenvalue weighted by molar-refractivity contribution is 4.90. The molecular weight excluding hydrogens is 132 g/mol. The van der Waals surface area contributed by atoms with Crippen LogP contribution in [0.25, 0.3) is 0 Å². The van der Waals surface area contributed by atoms with Crippen molar-refractivity contribution < 1.29 is 0 Å². The highest BCUT2D eigenvalue weighted by Crippen LogP contribution is 2.50. The fraction of sp³-hybridized carbons (Fsp3) is 1.00. The molecule has 0 radical (unpaired) electrons. The first kappa shape index (κ1) is 7.64. The van der Waals surface area contributed by atoms with Gasteiger partial charge in [-0.25, -0.2) is 0 Å². The Labute approximate surface area is 70.4 Å². The fourth-order valence-corrected chi connectivity index (χ4v) is 3.19. The summed E-state index contributed by atoms with van der Waals surface area (Å²) in [5, 5.41) is 0. The van der Waals surface area contributed by atoms with Gasteiger partial charge >= 0.3 is 0 Å². The molecule has 0 aromatic carbocycles. The second-order valence-corrected chi connectivity index (χ2v) is 4.72. The van der Waals surface area contributed by atoms with Crippen LogP contribution in [-0.4, -0.2) is 0 Å². The zero-order valence-electron chi connectivity index (χ0n) is 7.84. The van der Waals surface area contributed by atoms with Crippen molar-refractivity contribution in [3.63, 3.8) is 0 Å². The fourth-order valence-electron chi connectivity index (χ4n) is 3.19. The maximum Gasteiger partial charge on any atom is -0.0360 e. The molecular formula is C11H20. The molecule has 11 heavy (non-hydrogen) atoms. The molecule has 2 aliphatic rings. The third kappa shape index (κ3) is 1.21. The second-order valence-electron chi connectivity index (χ2n) is 4.72. The molecule has 4 atom stereocenters. The summed E-state index contributed by atoms with van der Waals surface area (Å²) in [6, 6.07) is 0. The van der Waals surface area contributed by atoms with Gasteiger partial charge in [0.1, 0.15) is 0 Å². The van der Waals surface area contributed by atoms with Crippen LogP contribution in [0.15, 0.2) is 0 Å². The first-order chi connectivity index (χ1) is 5.31. The molecule has 0 bridgehead atoms. The van der Waals surface area contributed by atoms with Crippen LogP contribution in [0.5, 0.6) is 0 Å². The molecule has 0 aromatic rings. The maximum absolute atomic E-state index is 2.47. The summed E-state index contributed by atoms with van der Waals surface area (Å²) in [6.07, 6.45) is 7.60. The molecule has 64 valence electrons. The lowest BCUT2D eigenvalue weighted by atomic mass is 9.58. The molecule has 2 saturated carbocycles. The van der Waals surface area contributed by atoms with Crippen LogP contribution in [0.1, 0.15) is 46.0 Å². The van der Waals surface area contributed by atoms with E-state index in [1.807, 2.05) is 0 Å². The Morgan fingerprint density at radius 1 is 1.18 bits per heavy atom. The molecule has 0 amide bonds. The topological polar surface area (TPSA) is 0 Å². The Morgan fingerprint density at radius 2 is 2.00 bits per heavy atom. The van der Waals surface area contributed by atoms with Gasteiger partial charge < -0.3 is 0 Å². The largest absolute Gasteiger partial charge is 0.0651 e. The molecule has 2 fully saturated rings. The van der Waals surface area contributed by atoms with Crippen molar-refractivity contribution in [2.75, 3.05) is 0 Å². The summed E-state index contributed by atoms with van der Waals surface area (Å²) < 4.78 is 0. The molecule has 2 rings (SSSR count). The molecule has 0 aliphatic heterocycles. The van der Waals surface area contributed by atoms with Gasteiger partial charge in [0.05, 0.1) is 0 Å². The van der Waals surface area contributed by atoms with Gasteiger partial charge in [-0.15, -0.1) is 0 Å². The SMILES string of the molecule is CCC1CC(C)C2CCC2C1. The molecule has 0 nitrogen and oxygen atoms in total. The van der Waals surface area contributed by atoms with Crippen molar-refractivity contribution in [1.29, 1.82) is 0 Å². The third-order valence-electron chi connectivity index (χ3n) is 4.13. The van der Waals surface area contributed by atoms with Crippen LogP contribution in [0, 0.1) is 23.7 Å². The number of hydrogen-bond acceptors (Lipinski definition) is 0. The van der Waals surface area contributed by atoms with Crippen molar-refractivity contribution in [1.82, 2.24) is 0 Å². The highest BCUT2D eigenvalue weighted by Gasteiger charge is 2.40. The summed E-state index contributed by atoms with van der Waals surface area (Å²) in [6.45, 7) is 4.83. The van der Waals surface area contributed by atoms with Gasteiger partial charge in [-0.05, 0) is 49.4 Å². The standard InChI is InChI=1S/C11H20/c1-3-9-6-8(2)11-5-4-10(11)7-9/h8-11H,3-7H2,1-2H3. The number of fused-ring (bicyclic) bond motifs is 1. The van der Waals surface area contributed by atoms with Crippen molar-refractivity contribution in [2.24, 2.45) is 23.7 Å². The Hall–Kier alpha value is 0. The first-order valence-corrected chi connectivity index (χ1v) is 5.31. The summed E-state index contributed by atoms with van der Waals surface area (Å²) in [5.41, 5.74) is 0. The van der Waals surface area contributed by atoms with E-state index < -0.39 is 0 Å². The summed E-state index contributed by atoms with van der Waals surface area (Å²) in [5.74, 6) is 4.40. The first-order valence-electron chi connectivity index (χ1n) is 5.31. The summed E-state index contributed by atoms with van der Waals surface area (Å²) in [4.78, 5) is 0. The van der Waals surface area contributed by atoms with E-state index in [4.69, 9.17) is 0 Å². The third-order valence-corrected chi connectivity index (χ3v) is 4.13. The lowest BCUT2D eigenvalue weighted by Crippen LogP contribution is -2.38. The predicted octanol–water partition coefficient (Wildman–Crippen LogP) is 3.47. The van der Waals surface area contributed by atoms with E-state index in [1.165, 1.54) is 12.8 Å². The van der Waals surface area contributed by atoms with Gasteiger partial charge in [0.15, 0.2) is 0 Å². The van der Waals surface area contributed by atoms with Gasteiger partial charge in [0, 0.05) is 0 Å². The Kier molecular flexibility index (Phi) is 1.95. The predicted molar refractivity (Wildman–Crippen MR) is 48.4 cm³/mol. The minimum Gasteiger partial charge on any atom is -0.0651 e. The minimum atomic E-state index is 1.05. The molecule has 0 heteroatoms. The molecule has 0 saturated heterocycles. The average molecular weight is 152 g/mol. The van der Waals surface area contributed by atoms with Crippen molar-refractivity contribution in [3.8, 4) is 0 Å². The van der Waals surface area contributed by atoms with Crippen LogP contribution in [0.4, 0.5) is 0 Å². The van der Waals surface area contributed by atoms with Gasteiger partial charge in [-0.3, -0.25) is 0 Å².